The predicted molar refractivity (Wildman–Crippen MR) is 217 cm³/mol. The summed E-state index contributed by atoms with van der Waals surface area (Å²) >= 11 is 0. The number of allylic oxidation sites excluding steroid dienone is 4. The molecule has 4 saturated carbocycles. The number of terminal acetylenes is 1. The number of nitrogens with zero attached hydrogens (tertiary/aromatic N) is 1. The zero-order valence-corrected chi connectivity index (χ0v) is 34.5. The van der Waals surface area contributed by atoms with E-state index in [1.165, 1.54) is 70.4 Å². The minimum Gasteiger partial charge on any atom is -0.404 e. The molecular formula is C44H81N3O3. The summed E-state index contributed by atoms with van der Waals surface area (Å²) in [6, 6.07) is 2.15. The summed E-state index contributed by atoms with van der Waals surface area (Å²) in [6.07, 6.45) is 28.4. The van der Waals surface area contributed by atoms with Gasteiger partial charge in [0.1, 0.15) is 6.07 Å². The lowest BCUT2D eigenvalue weighted by atomic mass is 9.48. The van der Waals surface area contributed by atoms with Gasteiger partial charge in [-0.2, -0.15) is 5.26 Å². The lowest BCUT2D eigenvalue weighted by Gasteiger charge is -2.57. The SMILES string of the molecule is C#CCC.C=CC.CC.CCC.CCOC.COCC1CCC2C(CCC3C2CCC2(C)C(C(C)C/C=C\C(C#N)=C/N)CCC32)C1.NC=O. The molecule has 4 fully saturated rings. The highest BCUT2D eigenvalue weighted by Gasteiger charge is 2.57. The first-order valence-electron chi connectivity index (χ1n) is 19.7. The molecule has 50 heavy (non-hydrogen) atoms. The first-order chi connectivity index (χ1) is 24.1. The second kappa shape index (κ2) is 33.6. The second-order valence-electron chi connectivity index (χ2n) is 14.0. The lowest BCUT2D eigenvalue weighted by molar-refractivity contribution is -0.106. The average molecular weight is 700 g/mol. The molecule has 9 atom stereocenters. The van der Waals surface area contributed by atoms with E-state index in [2.05, 4.69) is 62.8 Å². The van der Waals surface area contributed by atoms with Crippen molar-refractivity contribution in [3.63, 3.8) is 0 Å². The van der Waals surface area contributed by atoms with Gasteiger partial charge in [-0.25, -0.2) is 0 Å². The van der Waals surface area contributed by atoms with Crippen molar-refractivity contribution in [2.75, 3.05) is 27.4 Å². The standard InChI is InChI=1S/C28H44N2O.C4H6.C3H8O.C3H8.C3H6.C2H6.CH3NO/c1-19(5-4-6-21(16-29)17-30)26-11-12-27-25-10-8-22-15-20(18-31-3)7-9-23(22)24(25)13-14-28(26,27)2;2*1-3-4-2;2*1-3-2;1-2;2-1-3/h4,6,16,19-20,22-27H,5,7-15,18,29H2,1-3H3;1H,4H2,2H3;3H2,1-2H3;3H2,1-2H3;3H,1H2,2H3;1-2H3;1H,(H2,2,3)/b6-4-,21-16+;;;;;;. The molecule has 0 bridgehead atoms. The number of hydrogen-bond acceptors (Lipinski definition) is 5. The molecule has 0 radical (unpaired) electrons. The van der Waals surface area contributed by atoms with Crippen molar-refractivity contribution in [3.8, 4) is 18.4 Å². The Hall–Kier alpha value is -2.54. The van der Waals surface area contributed by atoms with Crippen molar-refractivity contribution < 1.29 is 14.3 Å². The van der Waals surface area contributed by atoms with E-state index in [4.69, 9.17) is 27.0 Å². The van der Waals surface area contributed by atoms with E-state index in [1.54, 1.807) is 13.2 Å². The smallest absolute Gasteiger partial charge is 0.204 e. The monoisotopic (exact) mass is 700 g/mol. The summed E-state index contributed by atoms with van der Waals surface area (Å²) in [5, 5.41) is 9.08. The van der Waals surface area contributed by atoms with Crippen LogP contribution < -0.4 is 11.5 Å². The summed E-state index contributed by atoms with van der Waals surface area (Å²) in [6.45, 7) is 24.3. The topological polar surface area (TPSA) is 111 Å². The van der Waals surface area contributed by atoms with E-state index < -0.39 is 0 Å². The molecule has 0 saturated heterocycles. The zero-order chi connectivity index (χ0) is 39.0. The Morgan fingerprint density at radius 2 is 1.54 bits per heavy atom. The Labute approximate surface area is 311 Å². The van der Waals surface area contributed by atoms with Gasteiger partial charge in [-0.05, 0) is 137 Å². The van der Waals surface area contributed by atoms with Crippen molar-refractivity contribution in [2.45, 2.75) is 139 Å². The Bertz CT molecular complexity index is 957. The average Bonchev–Trinajstić information content (AvgIpc) is 3.49. The van der Waals surface area contributed by atoms with Gasteiger partial charge in [-0.1, -0.05) is 67.0 Å². The minimum atomic E-state index is 0.250. The summed E-state index contributed by atoms with van der Waals surface area (Å²) in [7, 11) is 3.55. The number of nitrogens with two attached hydrogens (primary N) is 2. The van der Waals surface area contributed by atoms with Gasteiger partial charge in [0.15, 0.2) is 0 Å². The van der Waals surface area contributed by atoms with Crippen LogP contribution in [0.15, 0.2) is 36.6 Å². The molecule has 6 heteroatoms. The van der Waals surface area contributed by atoms with Crippen LogP contribution in [0.4, 0.5) is 0 Å². The summed E-state index contributed by atoms with van der Waals surface area (Å²) in [5.74, 6) is 9.66. The van der Waals surface area contributed by atoms with Gasteiger partial charge in [-0.3, -0.25) is 4.79 Å². The Balaban J connectivity index is -0.000000972. The van der Waals surface area contributed by atoms with Gasteiger partial charge in [0.05, 0.1) is 5.57 Å². The van der Waals surface area contributed by atoms with E-state index in [0.717, 1.165) is 67.5 Å². The van der Waals surface area contributed by atoms with Crippen LogP contribution in [0.2, 0.25) is 0 Å². The Kier molecular flexibility index (Phi) is 34.8. The molecule has 0 aliphatic heterocycles. The van der Waals surface area contributed by atoms with Crippen LogP contribution in [0, 0.1) is 76.4 Å². The number of ether oxygens (including phenoxy) is 2. The molecule has 1 amide bonds. The first kappa shape index (κ1) is 51.8. The number of amides is 1. The molecular weight excluding hydrogens is 619 g/mol. The van der Waals surface area contributed by atoms with Crippen molar-refractivity contribution in [2.24, 2.45) is 64.2 Å². The molecule has 0 aromatic rings. The highest BCUT2D eigenvalue weighted by atomic mass is 16.5. The van der Waals surface area contributed by atoms with Crippen LogP contribution in [0.25, 0.3) is 0 Å². The molecule has 4 aliphatic carbocycles. The zero-order valence-electron chi connectivity index (χ0n) is 34.5. The van der Waals surface area contributed by atoms with Crippen LogP contribution in [-0.4, -0.2) is 33.8 Å². The maximum Gasteiger partial charge on any atom is 0.204 e. The molecule has 9 unspecified atom stereocenters. The molecule has 4 aliphatic rings. The molecule has 4 rings (SSSR count). The van der Waals surface area contributed by atoms with E-state index in [9.17, 15) is 0 Å². The number of methoxy groups -OCH3 is 2. The van der Waals surface area contributed by atoms with Crippen LogP contribution in [0.3, 0.4) is 0 Å². The lowest BCUT2D eigenvalue weighted by Crippen LogP contribution is -2.49. The number of primary amides is 1. The second-order valence-corrected chi connectivity index (χ2v) is 14.0. The molecule has 6 nitrogen and oxygen atoms in total. The first-order valence-corrected chi connectivity index (χ1v) is 19.7. The van der Waals surface area contributed by atoms with E-state index >= 15 is 0 Å². The molecule has 4 N–H and O–H groups in total. The molecule has 0 spiro atoms. The van der Waals surface area contributed by atoms with E-state index in [0.29, 0.717) is 16.9 Å². The van der Waals surface area contributed by atoms with Crippen LogP contribution in [0.5, 0.6) is 0 Å². The van der Waals surface area contributed by atoms with E-state index in [-0.39, 0.29) is 6.41 Å². The van der Waals surface area contributed by atoms with Crippen LogP contribution in [-0.2, 0) is 14.3 Å². The van der Waals surface area contributed by atoms with Crippen molar-refractivity contribution >= 4 is 6.41 Å². The highest BCUT2D eigenvalue weighted by Crippen LogP contribution is 2.65. The summed E-state index contributed by atoms with van der Waals surface area (Å²) in [4.78, 5) is 8.58. The summed E-state index contributed by atoms with van der Waals surface area (Å²) in [5.41, 5.74) is 10.8. The third kappa shape index (κ3) is 18.6. The number of fused-ring (bicyclic) bond motifs is 5. The quantitative estimate of drug-likeness (QED) is 0.0903. The molecule has 0 heterocycles. The number of rotatable bonds is 7. The van der Waals surface area contributed by atoms with Crippen LogP contribution >= 0.6 is 0 Å². The number of nitriles is 1. The normalized spacial score (nSPS) is 29.1. The van der Waals surface area contributed by atoms with Crippen LogP contribution in [0.1, 0.15) is 139 Å². The fourth-order valence-electron chi connectivity index (χ4n) is 9.02. The number of carbonyl (C=O) groups excluding carboxylic acids is 1. The van der Waals surface area contributed by atoms with Gasteiger partial charge in [0, 0.05) is 40.1 Å². The Morgan fingerprint density at radius 1 is 1.00 bits per heavy atom. The van der Waals surface area contributed by atoms with Gasteiger partial charge < -0.3 is 20.9 Å². The molecule has 290 valence electrons. The summed E-state index contributed by atoms with van der Waals surface area (Å²) < 4.78 is 10.0. The van der Waals surface area contributed by atoms with Crippen molar-refractivity contribution in [1.82, 2.24) is 0 Å². The predicted octanol–water partition coefficient (Wildman–Crippen LogP) is 10.9. The van der Waals surface area contributed by atoms with Gasteiger partial charge in [0.25, 0.3) is 0 Å². The maximum absolute atomic E-state index is 9.08. The largest absolute Gasteiger partial charge is 0.404 e. The number of hydrogen-bond donors (Lipinski definition) is 2. The fraction of sp³-hybridized carbons (Fsp3) is 0.773. The highest BCUT2D eigenvalue weighted by molar-refractivity contribution is 5.42. The van der Waals surface area contributed by atoms with E-state index in [1.807, 2.05) is 47.8 Å². The Morgan fingerprint density at radius 3 is 2.00 bits per heavy atom. The minimum absolute atomic E-state index is 0.250. The third-order valence-corrected chi connectivity index (χ3v) is 10.8. The fourth-order valence-corrected chi connectivity index (χ4v) is 9.02. The van der Waals surface area contributed by atoms with Gasteiger partial charge in [-0.15, -0.1) is 18.9 Å². The molecule has 0 aromatic carbocycles. The molecule has 0 aromatic heterocycles. The third-order valence-electron chi connectivity index (χ3n) is 10.8. The number of carbonyl (C=O) groups is 1. The van der Waals surface area contributed by atoms with Crippen molar-refractivity contribution in [3.05, 3.63) is 36.6 Å². The van der Waals surface area contributed by atoms with Gasteiger partial charge >= 0.3 is 0 Å². The maximum atomic E-state index is 9.08. The van der Waals surface area contributed by atoms with Crippen molar-refractivity contribution in [1.29, 1.82) is 5.26 Å². The van der Waals surface area contributed by atoms with Gasteiger partial charge in [0.2, 0.25) is 6.41 Å².